The maximum Gasteiger partial charge on any atom is 0.224 e. The zero-order valence-electron chi connectivity index (χ0n) is 10.3. The first-order valence-corrected chi connectivity index (χ1v) is 5.48. The summed E-state index contributed by atoms with van der Waals surface area (Å²) in [6, 6.07) is 7.35. The molecule has 0 atom stereocenters. The normalized spacial score (nSPS) is 10.1. The van der Waals surface area contributed by atoms with Crippen molar-refractivity contribution in [1.29, 1.82) is 10.8 Å². The van der Waals surface area contributed by atoms with Crippen LogP contribution in [-0.4, -0.2) is 15.9 Å². The average molecular weight is 242 g/mol. The van der Waals surface area contributed by atoms with Gasteiger partial charge in [-0.15, -0.1) is 0 Å². The fourth-order valence-corrected chi connectivity index (χ4v) is 1.60. The minimum atomic E-state index is 0.153. The number of hydrogen-bond donors (Lipinski definition) is 2. The van der Waals surface area contributed by atoms with Crippen LogP contribution in [0.4, 0.5) is 0 Å². The Morgan fingerprint density at radius 2 is 2.06 bits per heavy atom. The van der Waals surface area contributed by atoms with Crippen LogP contribution in [-0.2, 0) is 0 Å². The van der Waals surface area contributed by atoms with Crippen molar-refractivity contribution < 1.29 is 4.74 Å². The van der Waals surface area contributed by atoms with Crippen molar-refractivity contribution in [1.82, 2.24) is 9.55 Å². The van der Waals surface area contributed by atoms with E-state index >= 15 is 0 Å². The largest absolute Gasteiger partial charge is 0.439 e. The molecule has 0 fully saturated rings. The maximum atomic E-state index is 7.66. The topological polar surface area (TPSA) is 74.8 Å². The van der Waals surface area contributed by atoms with Gasteiger partial charge in [0, 0.05) is 6.07 Å². The van der Waals surface area contributed by atoms with Gasteiger partial charge in [-0.25, -0.2) is 4.98 Å². The molecule has 0 aliphatic heterocycles. The van der Waals surface area contributed by atoms with E-state index in [1.54, 1.807) is 0 Å². The molecule has 1 aromatic carbocycles. The van der Waals surface area contributed by atoms with Crippen LogP contribution >= 0.6 is 0 Å². The summed E-state index contributed by atoms with van der Waals surface area (Å²) in [7, 11) is 0. The van der Waals surface area contributed by atoms with Crippen LogP contribution in [0.25, 0.3) is 0 Å². The zero-order chi connectivity index (χ0) is 13.1. The van der Waals surface area contributed by atoms with E-state index in [1.165, 1.54) is 22.5 Å². The second-order valence-electron chi connectivity index (χ2n) is 4.02. The number of hydrogen-bond acceptors (Lipinski definition) is 4. The Morgan fingerprint density at radius 3 is 2.67 bits per heavy atom. The number of aromatic nitrogens is 2. The Hall–Kier alpha value is -2.43. The smallest absolute Gasteiger partial charge is 0.224 e. The molecule has 0 aliphatic rings. The van der Waals surface area contributed by atoms with Crippen LogP contribution in [0.2, 0.25) is 0 Å². The summed E-state index contributed by atoms with van der Waals surface area (Å²) >= 11 is 0. The highest BCUT2D eigenvalue weighted by atomic mass is 16.5. The highest BCUT2D eigenvalue weighted by Crippen LogP contribution is 2.23. The number of nitrogens with zero attached hydrogens (tertiary/aromatic N) is 2. The van der Waals surface area contributed by atoms with Crippen molar-refractivity contribution in [2.45, 2.75) is 13.8 Å². The first kappa shape index (κ1) is 12.0. The molecule has 1 heterocycles. The summed E-state index contributed by atoms with van der Waals surface area (Å²) in [6.07, 6.45) is 2.41. The van der Waals surface area contributed by atoms with Crippen LogP contribution in [0.15, 0.2) is 30.6 Å². The monoisotopic (exact) mass is 242 g/mol. The summed E-state index contributed by atoms with van der Waals surface area (Å²) in [6.45, 7) is 3.98. The van der Waals surface area contributed by atoms with E-state index in [-0.39, 0.29) is 5.49 Å². The molecule has 1 aromatic heterocycles. The van der Waals surface area contributed by atoms with E-state index in [2.05, 4.69) is 4.98 Å². The molecule has 0 amide bonds. The summed E-state index contributed by atoms with van der Waals surface area (Å²) in [5.74, 6) is 1.07. The molecule has 0 aliphatic carbocycles. The number of aryl methyl sites for hydroxylation is 2. The third kappa shape index (κ3) is 2.45. The van der Waals surface area contributed by atoms with E-state index in [9.17, 15) is 0 Å². The molecule has 0 radical (unpaired) electrons. The quantitative estimate of drug-likeness (QED) is 0.639. The lowest BCUT2D eigenvalue weighted by Gasteiger charge is -2.08. The van der Waals surface area contributed by atoms with Crippen molar-refractivity contribution in [3.05, 3.63) is 47.2 Å². The van der Waals surface area contributed by atoms with E-state index < -0.39 is 0 Å². The van der Waals surface area contributed by atoms with Crippen LogP contribution in [0, 0.1) is 24.7 Å². The maximum absolute atomic E-state index is 7.66. The van der Waals surface area contributed by atoms with Gasteiger partial charge in [0.25, 0.3) is 0 Å². The Bertz CT molecular complexity index is 646. The molecule has 2 N–H and O–H groups in total. The molecule has 5 heteroatoms. The molecule has 2 aromatic rings. The highest BCUT2D eigenvalue weighted by Gasteiger charge is 2.03. The molecular weight excluding hydrogens is 228 g/mol. The average Bonchev–Trinajstić information content (AvgIpc) is 2.33. The molecule has 0 saturated carbocycles. The van der Waals surface area contributed by atoms with Crippen LogP contribution < -0.4 is 10.2 Å². The predicted molar refractivity (Wildman–Crippen MR) is 68.3 cm³/mol. The molecule has 0 saturated heterocycles. The van der Waals surface area contributed by atoms with Crippen molar-refractivity contribution in [3.8, 4) is 11.6 Å². The van der Waals surface area contributed by atoms with Gasteiger partial charge in [0.15, 0.2) is 0 Å². The van der Waals surface area contributed by atoms with Gasteiger partial charge in [-0.1, -0.05) is 17.7 Å². The third-order valence-electron chi connectivity index (χ3n) is 2.53. The molecule has 0 bridgehead atoms. The minimum Gasteiger partial charge on any atom is -0.439 e. The van der Waals surface area contributed by atoms with Gasteiger partial charge in [0.05, 0.1) is 6.34 Å². The molecule has 0 spiro atoms. The second-order valence-corrected chi connectivity index (χ2v) is 4.02. The van der Waals surface area contributed by atoms with Gasteiger partial charge in [0.1, 0.15) is 17.6 Å². The van der Waals surface area contributed by atoms with Crippen LogP contribution in [0.3, 0.4) is 0 Å². The molecule has 92 valence electrons. The van der Waals surface area contributed by atoms with Gasteiger partial charge in [0.2, 0.25) is 5.88 Å². The van der Waals surface area contributed by atoms with Gasteiger partial charge < -0.3 is 4.74 Å². The fourth-order valence-electron chi connectivity index (χ4n) is 1.60. The van der Waals surface area contributed by atoms with Gasteiger partial charge in [-0.3, -0.25) is 15.4 Å². The molecule has 5 nitrogen and oxygen atoms in total. The zero-order valence-corrected chi connectivity index (χ0v) is 10.3. The Balaban J connectivity index is 2.31. The van der Waals surface area contributed by atoms with Crippen LogP contribution in [0.1, 0.15) is 11.1 Å². The summed E-state index contributed by atoms with van der Waals surface area (Å²) in [5, 5.41) is 14.7. The Labute approximate surface area is 105 Å². The first-order chi connectivity index (χ1) is 8.60. The number of nitrogens with one attached hydrogen (secondary N) is 2. The Morgan fingerprint density at radius 1 is 1.28 bits per heavy atom. The van der Waals surface area contributed by atoms with E-state index in [4.69, 9.17) is 15.6 Å². The lowest BCUT2D eigenvalue weighted by atomic mass is 10.1. The molecule has 2 rings (SSSR count). The standard InChI is InChI=1S/C13H14N4O/c1-9-3-4-11(10(2)5-9)18-13-6-12(15)17(7-14)8-16-13/h3-8,14-15H,1-2H3. The van der Waals surface area contributed by atoms with Crippen molar-refractivity contribution >= 4 is 6.34 Å². The van der Waals surface area contributed by atoms with Crippen molar-refractivity contribution in [3.63, 3.8) is 0 Å². The SMILES string of the molecule is Cc1ccc(Oc2cc(=N)n(C=N)cn2)c(C)c1. The van der Waals surface area contributed by atoms with Gasteiger partial charge >= 0.3 is 0 Å². The summed E-state index contributed by atoms with van der Waals surface area (Å²) < 4.78 is 6.91. The lowest BCUT2D eigenvalue weighted by molar-refractivity contribution is 0.455. The number of ether oxygens (including phenoxy) is 1. The van der Waals surface area contributed by atoms with Crippen molar-refractivity contribution in [2.24, 2.45) is 0 Å². The molecule has 18 heavy (non-hydrogen) atoms. The fraction of sp³-hybridized carbons (Fsp3) is 0.154. The van der Waals surface area contributed by atoms with Gasteiger partial charge in [-0.2, -0.15) is 0 Å². The summed E-state index contributed by atoms with van der Waals surface area (Å²) in [5.41, 5.74) is 2.34. The number of benzene rings is 1. The first-order valence-electron chi connectivity index (χ1n) is 5.48. The molecule has 0 unspecified atom stereocenters. The van der Waals surface area contributed by atoms with Gasteiger partial charge in [-0.05, 0) is 25.5 Å². The van der Waals surface area contributed by atoms with Crippen molar-refractivity contribution in [2.75, 3.05) is 0 Å². The third-order valence-corrected chi connectivity index (χ3v) is 2.53. The predicted octanol–water partition coefficient (Wildman–Crippen LogP) is 2.23. The number of rotatable bonds is 3. The minimum absolute atomic E-state index is 0.153. The second kappa shape index (κ2) is 4.83. The lowest BCUT2D eigenvalue weighted by Crippen LogP contribution is -2.18. The van der Waals surface area contributed by atoms with E-state index in [1.807, 2.05) is 32.0 Å². The summed E-state index contributed by atoms with van der Waals surface area (Å²) in [4.78, 5) is 4.04. The van der Waals surface area contributed by atoms with Crippen LogP contribution in [0.5, 0.6) is 11.6 Å². The Kier molecular flexibility index (Phi) is 3.23. The van der Waals surface area contributed by atoms with E-state index in [0.717, 1.165) is 17.7 Å². The molecular formula is C13H14N4O. The van der Waals surface area contributed by atoms with E-state index in [0.29, 0.717) is 5.88 Å². The highest BCUT2D eigenvalue weighted by molar-refractivity contribution is 5.53.